The Kier molecular flexibility index (Phi) is 8.02. The zero-order valence-corrected chi connectivity index (χ0v) is 21.8. The van der Waals surface area contributed by atoms with Gasteiger partial charge in [-0.3, -0.25) is 9.59 Å². The Bertz CT molecular complexity index is 1180. The van der Waals surface area contributed by atoms with Crippen molar-refractivity contribution in [2.24, 2.45) is 11.8 Å². The summed E-state index contributed by atoms with van der Waals surface area (Å²) >= 11 is 0. The zero-order valence-electron chi connectivity index (χ0n) is 21.8. The number of carbonyl (C=O) groups excluding carboxylic acids is 2. The Labute approximate surface area is 219 Å². The molecule has 1 aromatic heterocycles. The molecule has 2 saturated carbocycles. The fourth-order valence-corrected chi connectivity index (χ4v) is 5.59. The van der Waals surface area contributed by atoms with E-state index in [4.69, 9.17) is 0 Å². The van der Waals surface area contributed by atoms with Gasteiger partial charge in [-0.15, -0.1) is 0 Å². The number of carbonyl (C=O) groups is 2. The molecule has 3 N–H and O–H groups in total. The lowest BCUT2D eigenvalue weighted by Crippen LogP contribution is -2.34. The van der Waals surface area contributed by atoms with E-state index in [-0.39, 0.29) is 17.7 Å². The molecule has 0 bridgehead atoms. The molecule has 0 radical (unpaired) electrons. The van der Waals surface area contributed by atoms with Gasteiger partial charge in [-0.05, 0) is 86.4 Å². The minimum absolute atomic E-state index is 0.00831. The largest absolute Gasteiger partial charge is 0.349 e. The predicted molar refractivity (Wildman–Crippen MR) is 148 cm³/mol. The molecule has 2 aliphatic rings. The predicted octanol–water partition coefficient (Wildman–Crippen LogP) is 6.96. The fraction of sp³-hybridized carbons (Fsp3) is 0.452. The van der Waals surface area contributed by atoms with Gasteiger partial charge in [0.1, 0.15) is 5.82 Å². The molecule has 0 atom stereocenters. The highest BCUT2D eigenvalue weighted by atomic mass is 16.2. The molecule has 0 spiro atoms. The standard InChI is InChI=1S/C31H38N4O2/c1-21-8-10-24(11-9-21)30(36)34-27-18-16-23(17-19-27)29-32-20-28(35-29)22-12-14-25(15-13-22)31(37)33-26-6-4-2-3-5-7-26/h12-21,24,26H,2-11H2,1H3,(H,32,35)(H,33,37)(H,34,36). The highest BCUT2D eigenvalue weighted by Gasteiger charge is 2.24. The first-order valence-electron chi connectivity index (χ1n) is 13.9. The Balaban J connectivity index is 1.18. The number of aromatic amines is 1. The van der Waals surface area contributed by atoms with Crippen LogP contribution in [0.15, 0.2) is 54.7 Å². The molecule has 5 rings (SSSR count). The average molecular weight is 499 g/mol. The van der Waals surface area contributed by atoms with Crippen molar-refractivity contribution in [1.82, 2.24) is 15.3 Å². The van der Waals surface area contributed by atoms with Crippen LogP contribution >= 0.6 is 0 Å². The number of nitrogens with one attached hydrogen (secondary N) is 3. The number of imidazole rings is 1. The number of nitrogens with zero attached hydrogens (tertiary/aromatic N) is 1. The summed E-state index contributed by atoms with van der Waals surface area (Å²) in [6.45, 7) is 2.26. The van der Waals surface area contributed by atoms with Crippen LogP contribution in [0.3, 0.4) is 0 Å². The van der Waals surface area contributed by atoms with Crippen molar-refractivity contribution in [3.63, 3.8) is 0 Å². The molecule has 0 unspecified atom stereocenters. The normalized spacial score (nSPS) is 20.7. The molecular weight excluding hydrogens is 460 g/mol. The van der Waals surface area contributed by atoms with Gasteiger partial charge in [-0.25, -0.2) is 4.98 Å². The fourth-order valence-electron chi connectivity index (χ4n) is 5.59. The number of H-pyrrole nitrogens is 1. The van der Waals surface area contributed by atoms with Crippen LogP contribution in [0.25, 0.3) is 22.6 Å². The summed E-state index contributed by atoms with van der Waals surface area (Å²) in [7, 11) is 0. The lowest BCUT2D eigenvalue weighted by atomic mass is 9.82. The van der Waals surface area contributed by atoms with Crippen molar-refractivity contribution in [3.05, 3.63) is 60.3 Å². The molecule has 3 aromatic rings. The van der Waals surface area contributed by atoms with Gasteiger partial charge in [0, 0.05) is 28.8 Å². The molecule has 2 amide bonds. The van der Waals surface area contributed by atoms with Crippen LogP contribution in [-0.2, 0) is 4.79 Å². The van der Waals surface area contributed by atoms with Crippen molar-refractivity contribution >= 4 is 17.5 Å². The number of aromatic nitrogens is 2. The monoisotopic (exact) mass is 498 g/mol. The van der Waals surface area contributed by atoms with Gasteiger partial charge < -0.3 is 15.6 Å². The molecule has 6 heteroatoms. The topological polar surface area (TPSA) is 86.9 Å². The molecule has 194 valence electrons. The highest BCUT2D eigenvalue weighted by Crippen LogP contribution is 2.30. The number of amides is 2. The highest BCUT2D eigenvalue weighted by molar-refractivity contribution is 5.95. The molecule has 2 aliphatic carbocycles. The van der Waals surface area contributed by atoms with Gasteiger partial charge >= 0.3 is 0 Å². The van der Waals surface area contributed by atoms with E-state index >= 15 is 0 Å². The smallest absolute Gasteiger partial charge is 0.251 e. The van der Waals surface area contributed by atoms with Crippen LogP contribution in [0, 0.1) is 11.8 Å². The number of rotatable bonds is 6. The van der Waals surface area contributed by atoms with Crippen LogP contribution in [0.5, 0.6) is 0 Å². The summed E-state index contributed by atoms with van der Waals surface area (Å²) in [6.07, 6.45) is 13.1. The van der Waals surface area contributed by atoms with E-state index in [2.05, 4.69) is 27.5 Å². The Morgan fingerprint density at radius 3 is 2.14 bits per heavy atom. The number of hydrogen-bond donors (Lipinski definition) is 3. The molecule has 2 aromatic carbocycles. The number of hydrogen-bond acceptors (Lipinski definition) is 3. The summed E-state index contributed by atoms with van der Waals surface area (Å²) in [5.41, 5.74) is 4.34. The summed E-state index contributed by atoms with van der Waals surface area (Å²) in [4.78, 5) is 33.3. The van der Waals surface area contributed by atoms with Gasteiger partial charge in [0.25, 0.3) is 5.91 Å². The molecular formula is C31H38N4O2. The average Bonchev–Trinajstić information content (AvgIpc) is 3.28. The van der Waals surface area contributed by atoms with E-state index in [0.717, 1.165) is 72.8 Å². The van der Waals surface area contributed by atoms with E-state index < -0.39 is 0 Å². The Morgan fingerprint density at radius 1 is 0.811 bits per heavy atom. The Morgan fingerprint density at radius 2 is 1.46 bits per heavy atom. The summed E-state index contributed by atoms with van der Waals surface area (Å²) in [6, 6.07) is 15.8. The van der Waals surface area contributed by atoms with Crippen molar-refractivity contribution in [3.8, 4) is 22.6 Å². The number of anilines is 1. The maximum Gasteiger partial charge on any atom is 0.251 e. The Hall–Kier alpha value is -3.41. The van der Waals surface area contributed by atoms with E-state index in [1.54, 1.807) is 0 Å². The summed E-state index contributed by atoms with van der Waals surface area (Å²) in [5.74, 6) is 1.76. The van der Waals surface area contributed by atoms with Crippen LogP contribution < -0.4 is 10.6 Å². The second-order valence-electron chi connectivity index (χ2n) is 10.9. The maximum absolute atomic E-state index is 12.7. The molecule has 6 nitrogen and oxygen atoms in total. The minimum atomic E-state index is 0.00831. The zero-order chi connectivity index (χ0) is 25.6. The minimum Gasteiger partial charge on any atom is -0.349 e. The van der Waals surface area contributed by atoms with E-state index in [0.29, 0.717) is 11.6 Å². The van der Waals surface area contributed by atoms with E-state index in [1.807, 2.05) is 54.7 Å². The lowest BCUT2D eigenvalue weighted by Gasteiger charge is -2.25. The second-order valence-corrected chi connectivity index (χ2v) is 10.9. The molecule has 0 aliphatic heterocycles. The van der Waals surface area contributed by atoms with Crippen molar-refractivity contribution in [2.45, 2.75) is 77.2 Å². The summed E-state index contributed by atoms with van der Waals surface area (Å²) < 4.78 is 0. The first kappa shape index (κ1) is 25.2. The lowest BCUT2D eigenvalue weighted by molar-refractivity contribution is -0.121. The molecule has 37 heavy (non-hydrogen) atoms. The van der Waals surface area contributed by atoms with Crippen LogP contribution in [0.2, 0.25) is 0 Å². The van der Waals surface area contributed by atoms with Gasteiger partial charge in [0.15, 0.2) is 0 Å². The van der Waals surface area contributed by atoms with Crippen molar-refractivity contribution in [2.75, 3.05) is 5.32 Å². The van der Waals surface area contributed by atoms with Gasteiger partial charge in [0.2, 0.25) is 5.91 Å². The van der Waals surface area contributed by atoms with Gasteiger partial charge in [0.05, 0.1) is 11.9 Å². The van der Waals surface area contributed by atoms with E-state index in [9.17, 15) is 9.59 Å². The van der Waals surface area contributed by atoms with Gasteiger partial charge in [-0.2, -0.15) is 0 Å². The first-order chi connectivity index (χ1) is 18.0. The molecule has 1 heterocycles. The van der Waals surface area contributed by atoms with Gasteiger partial charge in [-0.1, -0.05) is 44.7 Å². The first-order valence-corrected chi connectivity index (χ1v) is 13.9. The molecule has 2 fully saturated rings. The van der Waals surface area contributed by atoms with E-state index in [1.165, 1.54) is 25.7 Å². The van der Waals surface area contributed by atoms with Crippen molar-refractivity contribution < 1.29 is 9.59 Å². The third-order valence-electron chi connectivity index (χ3n) is 8.04. The number of benzene rings is 2. The third-order valence-corrected chi connectivity index (χ3v) is 8.04. The van der Waals surface area contributed by atoms with Crippen LogP contribution in [0.4, 0.5) is 5.69 Å². The third kappa shape index (κ3) is 6.48. The molecule has 0 saturated heterocycles. The quantitative estimate of drug-likeness (QED) is 0.321. The van der Waals surface area contributed by atoms with Crippen molar-refractivity contribution in [1.29, 1.82) is 0 Å². The SMILES string of the molecule is CC1CCC(C(=O)Nc2ccc(-c3ncc(-c4ccc(C(=O)NC5CCCCCC5)cc4)[nH]3)cc2)CC1. The summed E-state index contributed by atoms with van der Waals surface area (Å²) in [5, 5.41) is 6.29. The maximum atomic E-state index is 12.7. The second kappa shape index (κ2) is 11.8. The van der Waals surface area contributed by atoms with Crippen LogP contribution in [0.1, 0.15) is 81.5 Å². The van der Waals surface area contributed by atoms with Crippen LogP contribution in [-0.4, -0.2) is 27.8 Å².